The molecule has 3 rings (SSSR count). The lowest BCUT2D eigenvalue weighted by atomic mass is 10.0. The van der Waals surface area contributed by atoms with Crippen LogP contribution in [0, 0.1) is 5.92 Å². The number of pyridine rings is 1. The van der Waals surface area contributed by atoms with Crippen molar-refractivity contribution in [3.8, 4) is 0 Å². The van der Waals surface area contributed by atoms with Crippen LogP contribution in [0.1, 0.15) is 17.7 Å². The predicted octanol–water partition coefficient (Wildman–Crippen LogP) is 2.73. The average Bonchev–Trinajstić information content (AvgIpc) is 2.87. The first-order valence-corrected chi connectivity index (χ1v) is 8.60. The standard InChI is InChI=1S/C20H24N2O2/c23-20(10-9-17-6-2-1-3-7-17)22-12-13-24-16-18(15-22)14-19-8-4-5-11-21-19/h1-8,11,18H,9-10,12-16H2/t18-/m0/s1. The van der Waals surface area contributed by atoms with Crippen LogP contribution in [0.2, 0.25) is 0 Å². The van der Waals surface area contributed by atoms with Crippen molar-refractivity contribution in [3.63, 3.8) is 0 Å². The van der Waals surface area contributed by atoms with Gasteiger partial charge in [0, 0.05) is 37.3 Å². The Morgan fingerprint density at radius 2 is 2.00 bits per heavy atom. The lowest BCUT2D eigenvalue weighted by molar-refractivity contribution is -0.131. The van der Waals surface area contributed by atoms with Gasteiger partial charge in [0.15, 0.2) is 0 Å². The van der Waals surface area contributed by atoms with E-state index in [0.29, 0.717) is 32.1 Å². The normalized spacial score (nSPS) is 18.2. The van der Waals surface area contributed by atoms with Gasteiger partial charge in [0.25, 0.3) is 0 Å². The molecule has 0 saturated carbocycles. The van der Waals surface area contributed by atoms with E-state index in [0.717, 1.165) is 25.1 Å². The molecule has 0 spiro atoms. The topological polar surface area (TPSA) is 42.4 Å². The molecular weight excluding hydrogens is 300 g/mol. The second-order valence-electron chi connectivity index (χ2n) is 6.29. The summed E-state index contributed by atoms with van der Waals surface area (Å²) in [5.41, 5.74) is 2.27. The van der Waals surface area contributed by atoms with Crippen molar-refractivity contribution >= 4 is 5.91 Å². The van der Waals surface area contributed by atoms with Gasteiger partial charge in [0.2, 0.25) is 5.91 Å². The van der Waals surface area contributed by atoms with Gasteiger partial charge in [-0.3, -0.25) is 9.78 Å². The molecule has 1 amide bonds. The SMILES string of the molecule is O=C(CCc1ccccc1)N1CCOC[C@@H](Cc2ccccn2)C1. The van der Waals surface area contributed by atoms with Crippen LogP contribution in [0.15, 0.2) is 54.7 Å². The molecule has 1 fully saturated rings. The maximum absolute atomic E-state index is 12.6. The number of aryl methyl sites for hydroxylation is 1. The van der Waals surface area contributed by atoms with Crippen molar-refractivity contribution in [1.29, 1.82) is 0 Å². The maximum atomic E-state index is 12.6. The van der Waals surface area contributed by atoms with Crippen molar-refractivity contribution < 1.29 is 9.53 Å². The van der Waals surface area contributed by atoms with E-state index in [1.807, 2.05) is 47.5 Å². The molecule has 2 heterocycles. The summed E-state index contributed by atoms with van der Waals surface area (Å²) in [6.45, 7) is 2.76. The molecule has 0 aliphatic carbocycles. The van der Waals surface area contributed by atoms with Crippen LogP contribution in [0.25, 0.3) is 0 Å². The largest absolute Gasteiger partial charge is 0.379 e. The molecule has 0 unspecified atom stereocenters. The Kier molecular flexibility index (Phi) is 5.96. The van der Waals surface area contributed by atoms with E-state index in [4.69, 9.17) is 4.74 Å². The molecular formula is C20H24N2O2. The molecule has 1 aromatic carbocycles. The highest BCUT2D eigenvalue weighted by Gasteiger charge is 2.22. The van der Waals surface area contributed by atoms with Crippen molar-refractivity contribution in [2.75, 3.05) is 26.3 Å². The zero-order chi connectivity index (χ0) is 16.6. The highest BCUT2D eigenvalue weighted by atomic mass is 16.5. The second kappa shape index (κ2) is 8.60. The summed E-state index contributed by atoms with van der Waals surface area (Å²) in [4.78, 5) is 18.9. The molecule has 0 N–H and O–H groups in total. The Morgan fingerprint density at radius 1 is 1.17 bits per heavy atom. The summed E-state index contributed by atoms with van der Waals surface area (Å²) in [6.07, 6.45) is 4.02. The van der Waals surface area contributed by atoms with E-state index >= 15 is 0 Å². The lowest BCUT2D eigenvalue weighted by Gasteiger charge is -2.23. The van der Waals surface area contributed by atoms with Crippen molar-refractivity contribution in [3.05, 3.63) is 66.0 Å². The van der Waals surface area contributed by atoms with Crippen LogP contribution in [0.5, 0.6) is 0 Å². The van der Waals surface area contributed by atoms with Gasteiger partial charge in [-0.1, -0.05) is 36.4 Å². The molecule has 4 heteroatoms. The third-order valence-electron chi connectivity index (χ3n) is 4.38. The lowest BCUT2D eigenvalue weighted by Crippen LogP contribution is -2.36. The van der Waals surface area contributed by atoms with Crippen molar-refractivity contribution in [2.45, 2.75) is 19.3 Å². The molecule has 2 aromatic rings. The Balaban J connectivity index is 1.54. The summed E-state index contributed by atoms with van der Waals surface area (Å²) in [7, 11) is 0. The first-order chi connectivity index (χ1) is 11.8. The van der Waals surface area contributed by atoms with Crippen LogP contribution < -0.4 is 0 Å². The van der Waals surface area contributed by atoms with E-state index < -0.39 is 0 Å². The molecule has 1 saturated heterocycles. The Labute approximate surface area is 143 Å². The third-order valence-corrected chi connectivity index (χ3v) is 4.38. The van der Waals surface area contributed by atoms with Gasteiger partial charge in [-0.15, -0.1) is 0 Å². The number of nitrogens with zero attached hydrogens (tertiary/aromatic N) is 2. The zero-order valence-electron chi connectivity index (χ0n) is 13.9. The van der Waals surface area contributed by atoms with E-state index in [2.05, 4.69) is 17.1 Å². The first-order valence-electron chi connectivity index (χ1n) is 8.60. The summed E-state index contributed by atoms with van der Waals surface area (Å²) >= 11 is 0. The summed E-state index contributed by atoms with van der Waals surface area (Å²) < 4.78 is 5.70. The second-order valence-corrected chi connectivity index (χ2v) is 6.29. The summed E-state index contributed by atoms with van der Waals surface area (Å²) in [6, 6.07) is 16.1. The monoisotopic (exact) mass is 324 g/mol. The van der Waals surface area contributed by atoms with Gasteiger partial charge in [0.05, 0.1) is 13.2 Å². The Bertz CT molecular complexity index is 631. The van der Waals surface area contributed by atoms with Gasteiger partial charge >= 0.3 is 0 Å². The van der Waals surface area contributed by atoms with Gasteiger partial charge in [0.1, 0.15) is 0 Å². The molecule has 1 aromatic heterocycles. The van der Waals surface area contributed by atoms with E-state index in [1.54, 1.807) is 0 Å². The van der Waals surface area contributed by atoms with Gasteiger partial charge in [-0.2, -0.15) is 0 Å². The Hall–Kier alpha value is -2.20. The van der Waals surface area contributed by atoms with E-state index in [1.165, 1.54) is 5.56 Å². The number of amides is 1. The fourth-order valence-electron chi connectivity index (χ4n) is 3.10. The van der Waals surface area contributed by atoms with Crippen LogP contribution in [-0.2, 0) is 22.4 Å². The summed E-state index contributed by atoms with van der Waals surface area (Å²) in [5, 5.41) is 0. The van der Waals surface area contributed by atoms with Crippen LogP contribution in [-0.4, -0.2) is 42.1 Å². The number of benzene rings is 1. The molecule has 1 aliphatic heterocycles. The zero-order valence-corrected chi connectivity index (χ0v) is 13.9. The number of hydrogen-bond acceptors (Lipinski definition) is 3. The number of rotatable bonds is 5. The van der Waals surface area contributed by atoms with Crippen LogP contribution >= 0.6 is 0 Å². The van der Waals surface area contributed by atoms with Crippen molar-refractivity contribution in [2.24, 2.45) is 5.92 Å². The number of carbonyl (C=O) groups is 1. The molecule has 0 bridgehead atoms. The highest BCUT2D eigenvalue weighted by molar-refractivity contribution is 5.76. The van der Waals surface area contributed by atoms with Gasteiger partial charge in [-0.05, 0) is 30.5 Å². The van der Waals surface area contributed by atoms with Gasteiger partial charge < -0.3 is 9.64 Å². The summed E-state index contributed by atoms with van der Waals surface area (Å²) in [5.74, 6) is 0.526. The highest BCUT2D eigenvalue weighted by Crippen LogP contribution is 2.14. The Morgan fingerprint density at radius 3 is 2.79 bits per heavy atom. The molecule has 1 atom stereocenters. The molecule has 126 valence electrons. The maximum Gasteiger partial charge on any atom is 0.222 e. The fourth-order valence-corrected chi connectivity index (χ4v) is 3.10. The minimum atomic E-state index is 0.218. The van der Waals surface area contributed by atoms with Crippen LogP contribution in [0.4, 0.5) is 0 Å². The molecule has 4 nitrogen and oxygen atoms in total. The van der Waals surface area contributed by atoms with E-state index in [-0.39, 0.29) is 5.91 Å². The van der Waals surface area contributed by atoms with Crippen molar-refractivity contribution in [1.82, 2.24) is 9.88 Å². The number of carbonyl (C=O) groups excluding carboxylic acids is 1. The third kappa shape index (κ3) is 4.90. The van der Waals surface area contributed by atoms with Gasteiger partial charge in [-0.25, -0.2) is 0 Å². The minimum absolute atomic E-state index is 0.218. The number of ether oxygens (including phenoxy) is 1. The van der Waals surface area contributed by atoms with Crippen LogP contribution in [0.3, 0.4) is 0 Å². The van der Waals surface area contributed by atoms with E-state index in [9.17, 15) is 4.79 Å². The number of hydrogen-bond donors (Lipinski definition) is 0. The first kappa shape index (κ1) is 16.7. The average molecular weight is 324 g/mol. The number of aromatic nitrogens is 1. The minimum Gasteiger partial charge on any atom is -0.379 e. The predicted molar refractivity (Wildman–Crippen MR) is 93.6 cm³/mol. The smallest absolute Gasteiger partial charge is 0.222 e. The molecule has 1 aliphatic rings. The molecule has 0 radical (unpaired) electrons. The fraction of sp³-hybridized carbons (Fsp3) is 0.400. The quantitative estimate of drug-likeness (QED) is 0.849. The molecule has 24 heavy (non-hydrogen) atoms.